The van der Waals surface area contributed by atoms with Crippen molar-refractivity contribution in [3.05, 3.63) is 57.6 Å². The fourth-order valence-corrected chi connectivity index (χ4v) is 2.42. The van der Waals surface area contributed by atoms with Crippen LogP contribution in [0.5, 0.6) is 5.75 Å². The van der Waals surface area contributed by atoms with Crippen LogP contribution in [0.1, 0.15) is 15.9 Å². The van der Waals surface area contributed by atoms with Crippen molar-refractivity contribution in [2.45, 2.75) is 6.42 Å². The molecule has 22 heavy (non-hydrogen) atoms. The molecule has 0 radical (unpaired) electrons. The summed E-state index contributed by atoms with van der Waals surface area (Å²) in [6.07, 6.45) is 0.778. The minimum absolute atomic E-state index is 0.0593. The molecule has 0 aliphatic heterocycles. The maximum absolute atomic E-state index is 12.1. The molecule has 0 bridgehead atoms. The van der Waals surface area contributed by atoms with Crippen LogP contribution in [0.25, 0.3) is 0 Å². The first-order chi connectivity index (χ1) is 10.5. The second-order valence-electron chi connectivity index (χ2n) is 4.54. The smallest absolute Gasteiger partial charge is 0.228 e. The van der Waals surface area contributed by atoms with E-state index in [0.717, 1.165) is 6.29 Å². The van der Waals surface area contributed by atoms with E-state index in [-0.39, 0.29) is 12.3 Å². The molecular weight excluding hydrogens is 325 g/mol. The lowest BCUT2D eigenvalue weighted by atomic mass is 10.1. The van der Waals surface area contributed by atoms with E-state index < -0.39 is 0 Å². The maximum atomic E-state index is 12.1. The lowest BCUT2D eigenvalue weighted by Gasteiger charge is -2.10. The Balaban J connectivity index is 2.16. The number of aldehydes is 1. The van der Waals surface area contributed by atoms with Gasteiger partial charge in [-0.05, 0) is 36.4 Å². The Bertz CT molecular complexity index is 717. The van der Waals surface area contributed by atoms with Crippen LogP contribution in [0, 0.1) is 0 Å². The molecular formula is C16H13Cl2NO3. The van der Waals surface area contributed by atoms with Gasteiger partial charge in [-0.3, -0.25) is 9.59 Å². The van der Waals surface area contributed by atoms with E-state index >= 15 is 0 Å². The number of anilines is 1. The molecule has 0 aliphatic rings. The summed E-state index contributed by atoms with van der Waals surface area (Å²) in [5.41, 5.74) is 1.57. The van der Waals surface area contributed by atoms with Crippen LogP contribution in [0.2, 0.25) is 10.0 Å². The number of hydrogen-bond acceptors (Lipinski definition) is 3. The summed E-state index contributed by atoms with van der Waals surface area (Å²) in [5, 5.41) is 3.55. The Hall–Kier alpha value is -2.04. The van der Waals surface area contributed by atoms with Gasteiger partial charge < -0.3 is 10.1 Å². The van der Waals surface area contributed by atoms with Crippen LogP contribution in [-0.4, -0.2) is 19.3 Å². The summed E-state index contributed by atoms with van der Waals surface area (Å²) in [7, 11) is 1.51. The summed E-state index contributed by atoms with van der Waals surface area (Å²) in [4.78, 5) is 23.0. The molecule has 0 spiro atoms. The van der Waals surface area contributed by atoms with E-state index in [1.54, 1.807) is 36.4 Å². The second-order valence-corrected chi connectivity index (χ2v) is 5.38. The van der Waals surface area contributed by atoms with E-state index in [0.29, 0.717) is 32.6 Å². The molecule has 0 saturated carbocycles. The lowest BCUT2D eigenvalue weighted by molar-refractivity contribution is -0.115. The van der Waals surface area contributed by atoms with Crippen molar-refractivity contribution >= 4 is 41.1 Å². The molecule has 0 aliphatic carbocycles. The molecule has 2 aromatic rings. The number of nitrogens with one attached hydrogen (secondary N) is 1. The van der Waals surface area contributed by atoms with Gasteiger partial charge in [0.25, 0.3) is 0 Å². The van der Waals surface area contributed by atoms with Gasteiger partial charge in [0.1, 0.15) is 12.0 Å². The Labute approximate surface area is 138 Å². The minimum atomic E-state index is -0.273. The molecule has 0 aromatic heterocycles. The number of halogens is 2. The quantitative estimate of drug-likeness (QED) is 0.839. The second kappa shape index (κ2) is 7.29. The van der Waals surface area contributed by atoms with Crippen molar-refractivity contribution in [3.8, 4) is 5.75 Å². The SMILES string of the molecule is COc1ccc(C=O)cc1CC(=O)Nc1ccc(Cl)cc1Cl. The van der Waals surface area contributed by atoms with E-state index in [2.05, 4.69) is 5.32 Å². The summed E-state index contributed by atoms with van der Waals surface area (Å²) in [6.45, 7) is 0. The number of rotatable bonds is 5. The number of carbonyl (C=O) groups is 2. The van der Waals surface area contributed by atoms with E-state index in [1.165, 1.54) is 7.11 Å². The molecule has 0 heterocycles. The Morgan fingerprint density at radius 2 is 2.00 bits per heavy atom. The number of carbonyl (C=O) groups excluding carboxylic acids is 2. The van der Waals surface area contributed by atoms with Gasteiger partial charge in [-0.2, -0.15) is 0 Å². The van der Waals surface area contributed by atoms with Crippen molar-refractivity contribution < 1.29 is 14.3 Å². The average molecular weight is 338 g/mol. The number of ether oxygens (including phenoxy) is 1. The van der Waals surface area contributed by atoms with Crippen molar-refractivity contribution in [2.24, 2.45) is 0 Å². The van der Waals surface area contributed by atoms with Crippen LogP contribution in [0.3, 0.4) is 0 Å². The molecule has 0 atom stereocenters. The molecule has 2 rings (SSSR count). The number of benzene rings is 2. The van der Waals surface area contributed by atoms with Crippen LogP contribution >= 0.6 is 23.2 Å². The van der Waals surface area contributed by atoms with E-state index in [1.807, 2.05) is 0 Å². The highest BCUT2D eigenvalue weighted by Crippen LogP contribution is 2.26. The highest BCUT2D eigenvalue weighted by molar-refractivity contribution is 6.36. The number of hydrogen-bond donors (Lipinski definition) is 1. The Kier molecular flexibility index (Phi) is 5.41. The number of amides is 1. The third-order valence-electron chi connectivity index (χ3n) is 3.00. The lowest BCUT2D eigenvalue weighted by Crippen LogP contribution is -2.15. The summed E-state index contributed by atoms with van der Waals surface area (Å²) >= 11 is 11.8. The summed E-state index contributed by atoms with van der Waals surface area (Å²) in [6, 6.07) is 9.71. The largest absolute Gasteiger partial charge is 0.496 e. The van der Waals surface area contributed by atoms with Gasteiger partial charge in [0.2, 0.25) is 5.91 Å². The first-order valence-electron chi connectivity index (χ1n) is 6.40. The minimum Gasteiger partial charge on any atom is -0.496 e. The maximum Gasteiger partial charge on any atom is 0.228 e. The fourth-order valence-electron chi connectivity index (χ4n) is 1.97. The van der Waals surface area contributed by atoms with Crippen LogP contribution in [0.15, 0.2) is 36.4 Å². The molecule has 114 valence electrons. The molecule has 1 N–H and O–H groups in total. The highest BCUT2D eigenvalue weighted by atomic mass is 35.5. The molecule has 2 aromatic carbocycles. The molecule has 4 nitrogen and oxygen atoms in total. The van der Waals surface area contributed by atoms with Gasteiger partial charge in [-0.15, -0.1) is 0 Å². The van der Waals surface area contributed by atoms with Gasteiger partial charge in [-0.25, -0.2) is 0 Å². The third kappa shape index (κ3) is 4.00. The predicted octanol–water partition coefficient (Wildman–Crippen LogP) is 4.00. The monoisotopic (exact) mass is 337 g/mol. The van der Waals surface area contributed by atoms with Gasteiger partial charge in [0.15, 0.2) is 0 Å². The standard InChI is InChI=1S/C16H13Cl2NO3/c1-22-15-5-2-10(9-20)6-11(15)7-16(21)19-14-4-3-12(17)8-13(14)18/h2-6,8-9H,7H2,1H3,(H,19,21). The van der Waals surface area contributed by atoms with Crippen molar-refractivity contribution in [2.75, 3.05) is 12.4 Å². The van der Waals surface area contributed by atoms with E-state index in [9.17, 15) is 9.59 Å². The first kappa shape index (κ1) is 16.3. The Morgan fingerprint density at radius 1 is 1.23 bits per heavy atom. The van der Waals surface area contributed by atoms with Gasteiger partial charge >= 0.3 is 0 Å². The normalized spacial score (nSPS) is 10.1. The summed E-state index contributed by atoms with van der Waals surface area (Å²) < 4.78 is 5.20. The highest BCUT2D eigenvalue weighted by Gasteiger charge is 2.11. The van der Waals surface area contributed by atoms with E-state index in [4.69, 9.17) is 27.9 Å². The summed E-state index contributed by atoms with van der Waals surface area (Å²) in [5.74, 6) is 0.272. The van der Waals surface area contributed by atoms with Crippen molar-refractivity contribution in [1.82, 2.24) is 0 Å². The first-order valence-corrected chi connectivity index (χ1v) is 7.16. The molecule has 0 unspecified atom stereocenters. The van der Waals surface area contributed by atoms with Crippen LogP contribution < -0.4 is 10.1 Å². The van der Waals surface area contributed by atoms with Gasteiger partial charge in [0, 0.05) is 16.1 Å². The zero-order valence-corrected chi connectivity index (χ0v) is 13.2. The van der Waals surface area contributed by atoms with Crippen LogP contribution in [-0.2, 0) is 11.2 Å². The van der Waals surface area contributed by atoms with Crippen molar-refractivity contribution in [1.29, 1.82) is 0 Å². The van der Waals surface area contributed by atoms with Crippen LogP contribution in [0.4, 0.5) is 5.69 Å². The molecule has 1 amide bonds. The zero-order chi connectivity index (χ0) is 16.1. The zero-order valence-electron chi connectivity index (χ0n) is 11.7. The van der Waals surface area contributed by atoms with Gasteiger partial charge in [0.05, 0.1) is 24.2 Å². The number of methoxy groups -OCH3 is 1. The van der Waals surface area contributed by atoms with Crippen molar-refractivity contribution in [3.63, 3.8) is 0 Å². The van der Waals surface area contributed by atoms with Gasteiger partial charge in [-0.1, -0.05) is 23.2 Å². The molecule has 0 saturated heterocycles. The predicted molar refractivity (Wildman–Crippen MR) is 87.2 cm³/mol. The Morgan fingerprint density at radius 3 is 2.64 bits per heavy atom. The molecule has 0 fully saturated rings. The topological polar surface area (TPSA) is 55.4 Å². The fraction of sp³-hybridized carbons (Fsp3) is 0.125. The third-order valence-corrected chi connectivity index (χ3v) is 3.54. The average Bonchev–Trinajstić information content (AvgIpc) is 2.50. The molecule has 6 heteroatoms.